The van der Waals surface area contributed by atoms with Crippen LogP contribution in [0.5, 0.6) is 0 Å². The summed E-state index contributed by atoms with van der Waals surface area (Å²) in [4.78, 5) is 8.90. The number of nitrogens with zero attached hydrogens (tertiary/aromatic N) is 4. The summed E-state index contributed by atoms with van der Waals surface area (Å²) in [6, 6.07) is 44.9. The fraction of sp³-hybridized carbons (Fsp3) is 0.0952. The molecule has 6 heteroatoms. The van der Waals surface area contributed by atoms with Crippen LogP contribution in [0.4, 0.5) is 0 Å². The topological polar surface area (TPSA) is 73.4 Å². The molecule has 0 radical (unpaired) electrons. The van der Waals surface area contributed by atoms with E-state index in [-0.39, 0.29) is 10.3 Å². The second-order valence-corrected chi connectivity index (χ2v) is 11.5. The van der Waals surface area contributed by atoms with E-state index >= 15 is 0 Å². The van der Waals surface area contributed by atoms with E-state index in [1.54, 1.807) is 0 Å². The van der Waals surface area contributed by atoms with Crippen molar-refractivity contribution in [3.63, 3.8) is 0 Å². The monoisotopic (exact) mass is 662 g/mol. The molecule has 0 amide bonds. The van der Waals surface area contributed by atoms with Crippen LogP contribution in [0, 0.1) is 36.5 Å². The standard InChI is InChI=1S/C23H15ClN2.C17H11ClN2.C2H6/c1-15-19-12-18(16-8-4-2-5-9-16)13-20(17-10-6-3-7-11-17)22(19)26-23(24)21(15)14-25;1-11-14(10-19)17(18)20-15-9-5-8-13(16(11)15)12-6-3-2-4-7-12;1-2/h2-13H,1H3;2-9H,1H3;1-2H3. The number of aryl methyl sites for hydroxylation is 2. The molecule has 0 fully saturated rings. The first kappa shape index (κ1) is 33.8. The molecule has 4 nitrogen and oxygen atoms in total. The predicted octanol–water partition coefficient (Wildman–Crippen LogP) is 12.2. The van der Waals surface area contributed by atoms with Crippen LogP contribution in [0.15, 0.2) is 121 Å². The summed E-state index contributed by atoms with van der Waals surface area (Å²) in [5.74, 6) is 0. The number of hydrogen-bond acceptors (Lipinski definition) is 4. The lowest BCUT2D eigenvalue weighted by Gasteiger charge is -2.14. The van der Waals surface area contributed by atoms with Crippen LogP contribution in [-0.4, -0.2) is 9.97 Å². The van der Waals surface area contributed by atoms with Gasteiger partial charge in [0.15, 0.2) is 0 Å². The van der Waals surface area contributed by atoms with Gasteiger partial charge in [-0.25, -0.2) is 9.97 Å². The van der Waals surface area contributed by atoms with Gasteiger partial charge in [-0.2, -0.15) is 10.5 Å². The molecule has 0 aliphatic heterocycles. The van der Waals surface area contributed by atoms with Gasteiger partial charge in [-0.15, -0.1) is 0 Å². The third-order valence-electron chi connectivity index (χ3n) is 8.02. The number of rotatable bonds is 3. The molecule has 5 aromatic carbocycles. The summed E-state index contributed by atoms with van der Waals surface area (Å²) >= 11 is 12.4. The average Bonchev–Trinajstić information content (AvgIpc) is 3.13. The minimum absolute atomic E-state index is 0.252. The van der Waals surface area contributed by atoms with Crippen molar-refractivity contribution in [2.75, 3.05) is 0 Å². The van der Waals surface area contributed by atoms with Gasteiger partial charge in [0.25, 0.3) is 0 Å². The Kier molecular flexibility index (Phi) is 10.8. The zero-order valence-corrected chi connectivity index (χ0v) is 28.6. The molecule has 7 rings (SSSR count). The summed E-state index contributed by atoms with van der Waals surface area (Å²) in [7, 11) is 0. The van der Waals surface area contributed by atoms with Crippen LogP contribution in [0.25, 0.3) is 55.2 Å². The first-order chi connectivity index (χ1) is 23.4. The number of nitriles is 2. The molecule has 0 saturated heterocycles. The highest BCUT2D eigenvalue weighted by Crippen LogP contribution is 2.37. The number of pyridine rings is 2. The first-order valence-electron chi connectivity index (χ1n) is 15.6. The molecule has 7 aromatic rings. The molecule has 0 unspecified atom stereocenters. The Morgan fingerprint density at radius 1 is 0.521 bits per heavy atom. The van der Waals surface area contributed by atoms with Crippen molar-refractivity contribution in [2.45, 2.75) is 27.7 Å². The Labute approximate surface area is 291 Å². The van der Waals surface area contributed by atoms with Gasteiger partial charge >= 0.3 is 0 Å². The third-order valence-corrected chi connectivity index (χ3v) is 8.57. The van der Waals surface area contributed by atoms with E-state index in [1.807, 2.05) is 100 Å². The maximum atomic E-state index is 9.46. The molecule has 0 aliphatic carbocycles. The molecule has 0 aliphatic rings. The fourth-order valence-electron chi connectivity index (χ4n) is 5.71. The Hall–Kier alpha value is -5.52. The van der Waals surface area contributed by atoms with E-state index in [1.165, 1.54) is 0 Å². The molecular weight excluding hydrogens is 631 g/mol. The molecule has 0 bridgehead atoms. The van der Waals surface area contributed by atoms with Crippen LogP contribution >= 0.6 is 23.2 Å². The van der Waals surface area contributed by atoms with Crippen LogP contribution in [0.1, 0.15) is 36.1 Å². The molecule has 2 aromatic heterocycles. The average molecular weight is 664 g/mol. The Balaban J connectivity index is 0.000000184. The molecular formula is C42H32Cl2N4. The zero-order chi connectivity index (χ0) is 34.2. The third kappa shape index (κ3) is 6.78. The number of fused-ring (bicyclic) bond motifs is 2. The smallest absolute Gasteiger partial charge is 0.147 e. The number of benzene rings is 5. The minimum atomic E-state index is 0.252. The lowest BCUT2D eigenvalue weighted by atomic mass is 9.93. The SMILES string of the molecule is CC.Cc1c(C#N)c(Cl)nc2c(-c3ccccc3)cc(-c3ccccc3)cc12.Cc1c(C#N)c(Cl)nc2cccc(-c3ccccc3)c12. The number of aromatic nitrogens is 2. The molecule has 2 heterocycles. The molecule has 0 spiro atoms. The van der Waals surface area contributed by atoms with Crippen molar-refractivity contribution in [1.82, 2.24) is 9.97 Å². The van der Waals surface area contributed by atoms with Crippen molar-refractivity contribution in [2.24, 2.45) is 0 Å². The number of hydrogen-bond donors (Lipinski definition) is 0. The molecule has 48 heavy (non-hydrogen) atoms. The van der Waals surface area contributed by atoms with E-state index in [0.29, 0.717) is 11.1 Å². The maximum absolute atomic E-state index is 9.46. The van der Waals surface area contributed by atoms with Gasteiger partial charge < -0.3 is 0 Å². The largest absolute Gasteiger partial charge is 0.235 e. The van der Waals surface area contributed by atoms with E-state index < -0.39 is 0 Å². The van der Waals surface area contributed by atoms with Gasteiger partial charge in [-0.05, 0) is 71.0 Å². The predicted molar refractivity (Wildman–Crippen MR) is 200 cm³/mol. The lowest BCUT2D eigenvalue weighted by molar-refractivity contribution is 1.32. The van der Waals surface area contributed by atoms with E-state index in [0.717, 1.165) is 66.3 Å². The number of halogens is 2. The van der Waals surface area contributed by atoms with Gasteiger partial charge in [-0.3, -0.25) is 0 Å². The van der Waals surface area contributed by atoms with Crippen molar-refractivity contribution in [1.29, 1.82) is 10.5 Å². The normalized spacial score (nSPS) is 10.2. The van der Waals surface area contributed by atoms with Gasteiger partial charge in [0.05, 0.1) is 22.2 Å². The Morgan fingerprint density at radius 3 is 1.58 bits per heavy atom. The molecule has 234 valence electrons. The lowest BCUT2D eigenvalue weighted by Crippen LogP contribution is -1.95. The second-order valence-electron chi connectivity index (χ2n) is 10.7. The van der Waals surface area contributed by atoms with Gasteiger partial charge in [0.1, 0.15) is 22.4 Å². The van der Waals surface area contributed by atoms with Crippen molar-refractivity contribution in [3.05, 3.63) is 154 Å². The zero-order valence-electron chi connectivity index (χ0n) is 27.1. The highest BCUT2D eigenvalue weighted by molar-refractivity contribution is 6.31. The summed E-state index contributed by atoms with van der Waals surface area (Å²) < 4.78 is 0. The highest BCUT2D eigenvalue weighted by atomic mass is 35.5. The van der Waals surface area contributed by atoms with Crippen LogP contribution in [-0.2, 0) is 0 Å². The summed E-state index contributed by atoms with van der Waals surface area (Å²) in [5, 5.41) is 21.2. The molecule has 0 atom stereocenters. The maximum Gasteiger partial charge on any atom is 0.147 e. The van der Waals surface area contributed by atoms with Crippen LogP contribution < -0.4 is 0 Å². The summed E-state index contributed by atoms with van der Waals surface area (Å²) in [6.45, 7) is 7.85. The fourth-order valence-corrected chi connectivity index (χ4v) is 6.25. The summed E-state index contributed by atoms with van der Waals surface area (Å²) in [5.41, 5.74) is 10.7. The van der Waals surface area contributed by atoms with Crippen LogP contribution in [0.2, 0.25) is 10.3 Å². The second kappa shape index (κ2) is 15.4. The van der Waals surface area contributed by atoms with Crippen molar-refractivity contribution in [3.8, 4) is 45.5 Å². The van der Waals surface area contributed by atoms with Gasteiger partial charge in [0, 0.05) is 16.3 Å². The van der Waals surface area contributed by atoms with Crippen molar-refractivity contribution >= 4 is 45.0 Å². The highest BCUT2D eigenvalue weighted by Gasteiger charge is 2.16. The summed E-state index contributed by atoms with van der Waals surface area (Å²) in [6.07, 6.45) is 0. The first-order valence-corrected chi connectivity index (χ1v) is 16.4. The quantitative estimate of drug-likeness (QED) is 0.176. The van der Waals surface area contributed by atoms with E-state index in [2.05, 4.69) is 70.6 Å². The van der Waals surface area contributed by atoms with E-state index in [4.69, 9.17) is 23.2 Å². The minimum Gasteiger partial charge on any atom is -0.235 e. The Bertz CT molecular complexity index is 2310. The molecule has 0 saturated carbocycles. The van der Waals surface area contributed by atoms with Crippen LogP contribution in [0.3, 0.4) is 0 Å². The van der Waals surface area contributed by atoms with Gasteiger partial charge in [-0.1, -0.05) is 140 Å². The molecule has 0 N–H and O–H groups in total. The Morgan fingerprint density at radius 2 is 1.02 bits per heavy atom. The van der Waals surface area contributed by atoms with Gasteiger partial charge in [0.2, 0.25) is 0 Å². The van der Waals surface area contributed by atoms with Crippen molar-refractivity contribution < 1.29 is 0 Å². The van der Waals surface area contributed by atoms with E-state index in [9.17, 15) is 10.5 Å².